The average molecular weight is 189 g/mol. The van der Waals surface area contributed by atoms with E-state index in [1.54, 1.807) is 0 Å². The highest BCUT2D eigenvalue weighted by Gasteiger charge is 2.15. The van der Waals surface area contributed by atoms with Crippen LogP contribution in [0.15, 0.2) is 10.4 Å². The molecule has 1 atom stereocenters. The Labute approximate surface area is 65.5 Å². The summed E-state index contributed by atoms with van der Waals surface area (Å²) in [4.78, 5) is 0. The minimum absolute atomic E-state index is 0.454. The Morgan fingerprint density at radius 1 is 1.50 bits per heavy atom. The first kappa shape index (κ1) is 10.0. The fourth-order valence-corrected chi connectivity index (χ4v) is 1.08. The topological polar surface area (TPSA) is 17.1 Å². The molecule has 0 aromatic rings. The van der Waals surface area contributed by atoms with E-state index in [1.165, 1.54) is 13.8 Å². The molecule has 1 unspecified atom stereocenters. The first-order chi connectivity index (χ1) is 4.46. The van der Waals surface area contributed by atoms with Crippen LogP contribution >= 0.6 is 11.6 Å². The lowest BCUT2D eigenvalue weighted by Crippen LogP contribution is -2.05. The van der Waals surface area contributed by atoms with Gasteiger partial charge in [-0.1, -0.05) is 13.8 Å². The molecule has 0 amide bonds. The molecule has 0 aromatic carbocycles. The molecule has 0 aliphatic carbocycles. The lowest BCUT2D eigenvalue weighted by Gasteiger charge is -2.00. The Kier molecular flexibility index (Phi) is 4.05. The minimum atomic E-state index is -1.94. The van der Waals surface area contributed by atoms with Crippen molar-refractivity contribution in [3.8, 4) is 0 Å². The Balaban J connectivity index is 4.38. The summed E-state index contributed by atoms with van der Waals surface area (Å²) in [6.45, 7) is 3.02. The van der Waals surface area contributed by atoms with Gasteiger partial charge in [0.15, 0.2) is 0 Å². The Bertz CT molecular complexity index is 174. The standard InChI is InChI=1S/C5H7ClF2OS/c1-3(2)10(9)5(8)4(6)7/h3H,1-2H3/b5-4-. The molecule has 0 heterocycles. The highest BCUT2D eigenvalue weighted by molar-refractivity contribution is 7.89. The molecular formula is C5H7ClF2OS. The maximum atomic E-state index is 12.2. The van der Waals surface area contributed by atoms with Gasteiger partial charge in [-0.3, -0.25) is 4.21 Å². The van der Waals surface area contributed by atoms with Crippen molar-refractivity contribution in [3.63, 3.8) is 0 Å². The molecule has 0 radical (unpaired) electrons. The molecule has 0 rings (SSSR count). The maximum absolute atomic E-state index is 12.2. The summed E-state index contributed by atoms with van der Waals surface area (Å²) < 4.78 is 34.7. The van der Waals surface area contributed by atoms with Gasteiger partial charge < -0.3 is 0 Å². The first-order valence-electron chi connectivity index (χ1n) is 2.58. The summed E-state index contributed by atoms with van der Waals surface area (Å²) >= 11 is 4.61. The second-order valence-electron chi connectivity index (χ2n) is 1.88. The Morgan fingerprint density at radius 2 is 1.90 bits per heavy atom. The summed E-state index contributed by atoms with van der Waals surface area (Å²) in [6, 6.07) is 0. The number of rotatable bonds is 2. The first-order valence-corrected chi connectivity index (χ1v) is 4.17. The van der Waals surface area contributed by atoms with Crippen LogP contribution in [0.2, 0.25) is 0 Å². The van der Waals surface area contributed by atoms with Gasteiger partial charge >= 0.3 is 0 Å². The summed E-state index contributed by atoms with van der Waals surface area (Å²) in [6.07, 6.45) is 0. The van der Waals surface area contributed by atoms with Gasteiger partial charge in [-0.25, -0.2) is 0 Å². The number of halogens is 3. The lowest BCUT2D eigenvalue weighted by molar-refractivity contribution is 0.596. The monoisotopic (exact) mass is 188 g/mol. The maximum Gasteiger partial charge on any atom is 0.234 e. The van der Waals surface area contributed by atoms with Crippen LogP contribution in [0.25, 0.3) is 0 Å². The van der Waals surface area contributed by atoms with Crippen molar-refractivity contribution < 1.29 is 13.0 Å². The SMILES string of the molecule is CC(C)S(=O)/C(F)=C(\F)Cl. The van der Waals surface area contributed by atoms with Gasteiger partial charge in [-0.2, -0.15) is 8.78 Å². The van der Waals surface area contributed by atoms with E-state index >= 15 is 0 Å². The molecule has 0 N–H and O–H groups in total. The highest BCUT2D eigenvalue weighted by Crippen LogP contribution is 2.18. The quantitative estimate of drug-likeness (QED) is 0.651. The van der Waals surface area contributed by atoms with Crippen LogP contribution in [0.3, 0.4) is 0 Å². The Morgan fingerprint density at radius 3 is 2.00 bits per heavy atom. The molecule has 0 aliphatic rings. The normalized spacial score (nSPS) is 17.0. The van der Waals surface area contributed by atoms with Crippen molar-refractivity contribution in [2.75, 3.05) is 0 Å². The van der Waals surface area contributed by atoms with Gasteiger partial charge in [0.05, 0.1) is 10.8 Å². The third-order valence-corrected chi connectivity index (χ3v) is 2.42. The molecule has 0 bridgehead atoms. The van der Waals surface area contributed by atoms with Crippen molar-refractivity contribution in [1.82, 2.24) is 0 Å². The Hall–Kier alpha value is 0.0400. The molecular weight excluding hydrogens is 182 g/mol. The van der Waals surface area contributed by atoms with E-state index in [2.05, 4.69) is 11.6 Å². The molecule has 0 aromatic heterocycles. The molecule has 60 valence electrons. The predicted octanol–water partition coefficient (Wildman–Crippen LogP) is 2.45. The van der Waals surface area contributed by atoms with Crippen LogP contribution in [0.4, 0.5) is 8.78 Å². The molecule has 0 saturated heterocycles. The zero-order valence-corrected chi connectivity index (χ0v) is 7.10. The fourth-order valence-electron chi connectivity index (χ4n) is 0.283. The van der Waals surface area contributed by atoms with Gasteiger partial charge in [0.25, 0.3) is 0 Å². The third-order valence-electron chi connectivity index (χ3n) is 0.753. The van der Waals surface area contributed by atoms with E-state index < -0.39 is 26.5 Å². The van der Waals surface area contributed by atoms with Crippen LogP contribution in [-0.4, -0.2) is 9.46 Å². The summed E-state index contributed by atoms with van der Waals surface area (Å²) in [7, 11) is -1.94. The summed E-state index contributed by atoms with van der Waals surface area (Å²) in [5, 5.41) is -3.35. The molecule has 0 saturated carbocycles. The van der Waals surface area contributed by atoms with E-state index in [1.807, 2.05) is 0 Å². The van der Waals surface area contributed by atoms with E-state index in [4.69, 9.17) is 0 Å². The van der Waals surface area contributed by atoms with Gasteiger partial charge in [-0.15, -0.1) is 0 Å². The molecule has 10 heavy (non-hydrogen) atoms. The molecule has 1 nitrogen and oxygen atoms in total. The van der Waals surface area contributed by atoms with Crippen LogP contribution in [0.5, 0.6) is 0 Å². The van der Waals surface area contributed by atoms with Crippen LogP contribution in [0.1, 0.15) is 13.8 Å². The number of hydrogen-bond acceptors (Lipinski definition) is 1. The molecule has 0 aliphatic heterocycles. The van der Waals surface area contributed by atoms with Gasteiger partial charge in [-0.05, 0) is 11.6 Å². The van der Waals surface area contributed by atoms with Crippen LogP contribution < -0.4 is 0 Å². The molecule has 5 heteroatoms. The van der Waals surface area contributed by atoms with Gasteiger partial charge in [0.1, 0.15) is 0 Å². The van der Waals surface area contributed by atoms with Crippen LogP contribution in [-0.2, 0) is 10.8 Å². The number of hydrogen-bond donors (Lipinski definition) is 0. The zero-order valence-electron chi connectivity index (χ0n) is 5.53. The summed E-state index contributed by atoms with van der Waals surface area (Å²) in [5.74, 6) is 0. The molecule has 0 spiro atoms. The zero-order chi connectivity index (χ0) is 8.31. The molecule has 0 fully saturated rings. The van der Waals surface area contributed by atoms with E-state index in [0.717, 1.165) is 0 Å². The predicted molar refractivity (Wildman–Crippen MR) is 38.4 cm³/mol. The van der Waals surface area contributed by atoms with E-state index in [0.29, 0.717) is 0 Å². The van der Waals surface area contributed by atoms with Gasteiger partial charge in [0.2, 0.25) is 10.4 Å². The van der Waals surface area contributed by atoms with Crippen molar-refractivity contribution in [3.05, 3.63) is 10.4 Å². The van der Waals surface area contributed by atoms with E-state index in [9.17, 15) is 13.0 Å². The highest BCUT2D eigenvalue weighted by atomic mass is 35.5. The second kappa shape index (κ2) is 4.03. The minimum Gasteiger partial charge on any atom is -0.252 e. The van der Waals surface area contributed by atoms with Crippen molar-refractivity contribution >= 4 is 22.4 Å². The van der Waals surface area contributed by atoms with Crippen molar-refractivity contribution in [2.24, 2.45) is 0 Å². The lowest BCUT2D eigenvalue weighted by atomic mass is 10.6. The van der Waals surface area contributed by atoms with Crippen molar-refractivity contribution in [1.29, 1.82) is 0 Å². The average Bonchev–Trinajstić information content (AvgIpc) is 1.84. The summed E-state index contributed by atoms with van der Waals surface area (Å²) in [5.41, 5.74) is 0. The van der Waals surface area contributed by atoms with Gasteiger partial charge in [0, 0.05) is 5.25 Å². The third kappa shape index (κ3) is 2.75. The van der Waals surface area contributed by atoms with Crippen LogP contribution in [0, 0.1) is 0 Å². The van der Waals surface area contributed by atoms with E-state index in [-0.39, 0.29) is 0 Å². The van der Waals surface area contributed by atoms with Crippen molar-refractivity contribution in [2.45, 2.75) is 19.1 Å². The fraction of sp³-hybridized carbons (Fsp3) is 0.600. The smallest absolute Gasteiger partial charge is 0.234 e. The largest absolute Gasteiger partial charge is 0.252 e. The second-order valence-corrected chi connectivity index (χ2v) is 4.11.